The van der Waals surface area contributed by atoms with Crippen molar-refractivity contribution >= 4 is 11.6 Å². The van der Waals surface area contributed by atoms with E-state index in [9.17, 15) is 0 Å². The van der Waals surface area contributed by atoms with Crippen LogP contribution >= 0.6 is 11.6 Å². The van der Waals surface area contributed by atoms with Crippen LogP contribution in [0, 0.1) is 0 Å². The normalized spacial score (nSPS) is 18.7. The maximum atomic E-state index is 5.33. The molecule has 0 spiro atoms. The molecule has 0 aliphatic carbocycles. The highest BCUT2D eigenvalue weighted by molar-refractivity contribution is 6.19. The molecule has 0 atom stereocenters. The average molecular weight is 121 g/mol. The van der Waals surface area contributed by atoms with Gasteiger partial charge in [0.25, 0.3) is 0 Å². The van der Waals surface area contributed by atoms with Crippen molar-refractivity contribution in [2.75, 3.05) is 12.5 Å². The topological polar surface area (TPSA) is 18.5 Å². The molecule has 40 valence electrons. The molecule has 0 amide bonds. The van der Waals surface area contributed by atoms with E-state index in [1.54, 1.807) is 6.08 Å². The van der Waals surface area contributed by atoms with Crippen LogP contribution in [0.2, 0.25) is 0 Å². The van der Waals surface area contributed by atoms with Gasteiger partial charge in [0, 0.05) is 0 Å². The summed E-state index contributed by atoms with van der Waals surface area (Å²) >= 11 is 5.33. The molecular formula is C4H5ClO2. The van der Waals surface area contributed by atoms with Crippen molar-refractivity contribution in [3.05, 3.63) is 11.8 Å². The first kappa shape index (κ1) is 4.94. The van der Waals surface area contributed by atoms with Crippen LogP contribution in [-0.4, -0.2) is 12.5 Å². The first-order chi connectivity index (χ1) is 3.43. The Bertz CT molecular complexity index is 89.7. The molecule has 0 bridgehead atoms. The van der Waals surface area contributed by atoms with Crippen LogP contribution in [0.3, 0.4) is 0 Å². The highest BCUT2D eigenvalue weighted by Crippen LogP contribution is 2.06. The molecule has 0 aromatic carbocycles. The van der Waals surface area contributed by atoms with Gasteiger partial charge in [-0.3, -0.25) is 0 Å². The molecule has 0 radical (unpaired) electrons. The standard InChI is InChI=1S/C4H5ClO2/c5-3-4-1-2-6-7-4/h1H,2-3H2. The third-order valence-corrected chi connectivity index (χ3v) is 0.940. The predicted octanol–water partition coefficient (Wildman–Crippen LogP) is 1.07. The monoisotopic (exact) mass is 120 g/mol. The molecule has 1 aliphatic heterocycles. The summed E-state index contributed by atoms with van der Waals surface area (Å²) in [6, 6.07) is 0. The SMILES string of the molecule is ClCC1=CCOO1. The molecule has 1 heterocycles. The van der Waals surface area contributed by atoms with E-state index < -0.39 is 0 Å². The first-order valence-electron chi connectivity index (χ1n) is 1.98. The summed E-state index contributed by atoms with van der Waals surface area (Å²) in [7, 11) is 0. The van der Waals surface area contributed by atoms with Gasteiger partial charge in [0.15, 0.2) is 5.76 Å². The van der Waals surface area contributed by atoms with Gasteiger partial charge in [0.05, 0.1) is 5.88 Å². The highest BCUT2D eigenvalue weighted by atomic mass is 35.5. The maximum Gasteiger partial charge on any atom is 0.155 e. The summed E-state index contributed by atoms with van der Waals surface area (Å²) in [5, 5.41) is 0. The second kappa shape index (κ2) is 2.19. The molecule has 0 fully saturated rings. The molecule has 0 aromatic heterocycles. The second-order valence-corrected chi connectivity index (χ2v) is 1.44. The minimum absolute atomic E-state index is 0.403. The van der Waals surface area contributed by atoms with Crippen molar-refractivity contribution in [2.24, 2.45) is 0 Å². The molecular weight excluding hydrogens is 115 g/mol. The van der Waals surface area contributed by atoms with Gasteiger partial charge in [-0.2, -0.15) is 4.89 Å². The Kier molecular flexibility index (Phi) is 1.54. The van der Waals surface area contributed by atoms with Crippen LogP contribution < -0.4 is 0 Å². The first-order valence-corrected chi connectivity index (χ1v) is 2.51. The molecule has 7 heavy (non-hydrogen) atoms. The second-order valence-electron chi connectivity index (χ2n) is 1.17. The smallest absolute Gasteiger partial charge is 0.155 e. The third kappa shape index (κ3) is 1.08. The quantitative estimate of drug-likeness (QED) is 0.381. The van der Waals surface area contributed by atoms with Gasteiger partial charge < -0.3 is 4.89 Å². The zero-order chi connectivity index (χ0) is 5.11. The molecule has 0 saturated heterocycles. The fourth-order valence-corrected chi connectivity index (χ4v) is 0.501. The van der Waals surface area contributed by atoms with Gasteiger partial charge in [-0.05, 0) is 6.08 Å². The van der Waals surface area contributed by atoms with Crippen molar-refractivity contribution in [3.8, 4) is 0 Å². The number of alkyl halides is 1. The number of hydrogen-bond acceptors (Lipinski definition) is 2. The van der Waals surface area contributed by atoms with Gasteiger partial charge in [0.1, 0.15) is 6.61 Å². The van der Waals surface area contributed by atoms with E-state index >= 15 is 0 Å². The van der Waals surface area contributed by atoms with Crippen molar-refractivity contribution < 1.29 is 9.78 Å². The van der Waals surface area contributed by atoms with Gasteiger partial charge in [-0.1, -0.05) is 0 Å². The Labute approximate surface area is 46.6 Å². The van der Waals surface area contributed by atoms with E-state index in [1.807, 2.05) is 0 Å². The largest absolute Gasteiger partial charge is 0.341 e. The summed E-state index contributed by atoms with van der Waals surface area (Å²) in [5.41, 5.74) is 0. The van der Waals surface area contributed by atoms with Crippen molar-refractivity contribution in [1.29, 1.82) is 0 Å². The van der Waals surface area contributed by atoms with Crippen LogP contribution in [-0.2, 0) is 9.78 Å². The minimum Gasteiger partial charge on any atom is -0.341 e. The fraction of sp³-hybridized carbons (Fsp3) is 0.500. The van der Waals surface area contributed by atoms with Gasteiger partial charge in [-0.25, -0.2) is 0 Å². The predicted molar refractivity (Wildman–Crippen MR) is 25.8 cm³/mol. The van der Waals surface area contributed by atoms with Crippen molar-refractivity contribution in [1.82, 2.24) is 0 Å². The summed E-state index contributed by atoms with van der Waals surface area (Å²) in [6.07, 6.45) is 1.80. The molecule has 1 rings (SSSR count). The summed E-state index contributed by atoms with van der Waals surface area (Å²) in [4.78, 5) is 9.00. The highest BCUT2D eigenvalue weighted by Gasteiger charge is 2.02. The van der Waals surface area contributed by atoms with Gasteiger partial charge in [0.2, 0.25) is 0 Å². The summed E-state index contributed by atoms with van der Waals surface area (Å²) < 4.78 is 0. The Morgan fingerprint density at radius 2 is 2.71 bits per heavy atom. The average Bonchev–Trinajstić information content (AvgIpc) is 2.14. The van der Waals surface area contributed by atoms with E-state index in [0.717, 1.165) is 0 Å². The zero-order valence-electron chi connectivity index (χ0n) is 3.69. The van der Waals surface area contributed by atoms with Crippen molar-refractivity contribution in [3.63, 3.8) is 0 Å². The number of rotatable bonds is 1. The van der Waals surface area contributed by atoms with E-state index in [0.29, 0.717) is 18.2 Å². The lowest BCUT2D eigenvalue weighted by Crippen LogP contribution is -1.82. The van der Waals surface area contributed by atoms with Crippen LogP contribution in [0.5, 0.6) is 0 Å². The van der Waals surface area contributed by atoms with Gasteiger partial charge >= 0.3 is 0 Å². The number of hydrogen-bond donors (Lipinski definition) is 0. The van der Waals surface area contributed by atoms with Crippen LogP contribution in [0.25, 0.3) is 0 Å². The molecule has 0 N–H and O–H groups in total. The van der Waals surface area contributed by atoms with Crippen LogP contribution in [0.15, 0.2) is 11.8 Å². The van der Waals surface area contributed by atoms with Gasteiger partial charge in [-0.15, -0.1) is 11.6 Å². The molecule has 0 unspecified atom stereocenters. The summed E-state index contributed by atoms with van der Waals surface area (Å²) in [6.45, 7) is 0.530. The van der Waals surface area contributed by atoms with Crippen molar-refractivity contribution in [2.45, 2.75) is 0 Å². The zero-order valence-corrected chi connectivity index (χ0v) is 4.44. The fourth-order valence-electron chi connectivity index (χ4n) is 0.348. The Morgan fingerprint density at radius 3 is 3.00 bits per heavy atom. The third-order valence-electron chi connectivity index (χ3n) is 0.677. The van der Waals surface area contributed by atoms with E-state index in [4.69, 9.17) is 11.6 Å². The molecule has 2 nitrogen and oxygen atoms in total. The maximum absolute atomic E-state index is 5.33. The van der Waals surface area contributed by atoms with Crippen LogP contribution in [0.4, 0.5) is 0 Å². The lowest BCUT2D eigenvalue weighted by molar-refractivity contribution is -0.232. The molecule has 0 aromatic rings. The van der Waals surface area contributed by atoms with E-state index in [2.05, 4.69) is 9.78 Å². The Morgan fingerprint density at radius 1 is 1.86 bits per heavy atom. The number of halogens is 1. The van der Waals surface area contributed by atoms with E-state index in [-0.39, 0.29) is 0 Å². The van der Waals surface area contributed by atoms with Crippen LogP contribution in [0.1, 0.15) is 0 Å². The molecule has 1 aliphatic rings. The number of allylic oxidation sites excluding steroid dienone is 1. The molecule has 3 heteroatoms. The Hall–Kier alpha value is -0.210. The lowest BCUT2D eigenvalue weighted by atomic mass is 10.5. The van der Waals surface area contributed by atoms with E-state index in [1.165, 1.54) is 0 Å². The minimum atomic E-state index is 0.403. The lowest BCUT2D eigenvalue weighted by Gasteiger charge is -1.91. The Balaban J connectivity index is 2.36. The summed E-state index contributed by atoms with van der Waals surface area (Å²) in [5.74, 6) is 1.11. The molecule has 0 saturated carbocycles.